The van der Waals surface area contributed by atoms with Crippen molar-refractivity contribution in [1.29, 1.82) is 0 Å². The normalized spacial score (nSPS) is 24.6. The van der Waals surface area contributed by atoms with Crippen LogP contribution >= 0.6 is 0 Å². The first-order valence-corrected chi connectivity index (χ1v) is 7.68. The van der Waals surface area contributed by atoms with E-state index in [1.165, 1.54) is 19.3 Å². The highest BCUT2D eigenvalue weighted by Gasteiger charge is 2.34. The predicted molar refractivity (Wildman–Crippen MR) is 83.9 cm³/mol. The van der Waals surface area contributed by atoms with E-state index in [0.717, 1.165) is 0 Å². The van der Waals surface area contributed by atoms with Crippen LogP contribution in [0.3, 0.4) is 0 Å². The molecule has 138 valence electrons. The van der Waals surface area contributed by atoms with E-state index in [-0.39, 0.29) is 0 Å². The van der Waals surface area contributed by atoms with E-state index < -0.39 is 37.0 Å². The summed E-state index contributed by atoms with van der Waals surface area (Å²) in [5, 5.41) is 55.4. The Balaban J connectivity index is 0.000000433. The third kappa shape index (κ3) is 8.05. The number of nitrogens with one attached hydrogen (secondary N) is 1. The lowest BCUT2D eigenvalue weighted by Crippen LogP contribution is -2.55. The molecule has 0 amide bonds. The Morgan fingerprint density at radius 2 is 1.43 bits per heavy atom. The Kier molecular flexibility index (Phi) is 8.61. The van der Waals surface area contributed by atoms with Crippen LogP contribution in [0.1, 0.15) is 47.0 Å². The van der Waals surface area contributed by atoms with E-state index in [0.29, 0.717) is 11.1 Å². The van der Waals surface area contributed by atoms with Gasteiger partial charge >= 0.3 is 5.97 Å². The topological polar surface area (TPSA) is 150 Å². The molecule has 1 fully saturated rings. The van der Waals surface area contributed by atoms with Crippen LogP contribution in [0.15, 0.2) is 0 Å². The number of piperidine rings is 1. The molecule has 0 unspecified atom stereocenters. The predicted octanol–water partition coefficient (Wildman–Crippen LogP) is -1.18. The highest BCUT2D eigenvalue weighted by molar-refractivity contribution is 5.72. The minimum atomic E-state index is -2.20. The maximum Gasteiger partial charge on any atom is 0.335 e. The molecule has 0 aromatic heterocycles. The Hall–Kier alpha value is -0.770. The molecule has 4 atom stereocenters. The molecule has 23 heavy (non-hydrogen) atoms. The van der Waals surface area contributed by atoms with Crippen LogP contribution in [0.2, 0.25) is 0 Å². The number of hydrogen-bond donors (Lipinski definition) is 7. The summed E-state index contributed by atoms with van der Waals surface area (Å²) >= 11 is 0. The van der Waals surface area contributed by atoms with Gasteiger partial charge in [0.2, 0.25) is 0 Å². The van der Waals surface area contributed by atoms with E-state index in [1.54, 1.807) is 0 Å². The molecule has 1 heterocycles. The molecule has 0 saturated carbocycles. The van der Waals surface area contributed by atoms with Crippen molar-refractivity contribution in [3.63, 3.8) is 0 Å². The minimum Gasteiger partial charge on any atom is -0.479 e. The lowest BCUT2D eigenvalue weighted by molar-refractivity contribution is -0.164. The van der Waals surface area contributed by atoms with Gasteiger partial charge in [0.1, 0.15) is 18.3 Å². The summed E-state index contributed by atoms with van der Waals surface area (Å²) in [5.41, 5.74) is 0.726. The molecule has 1 saturated heterocycles. The van der Waals surface area contributed by atoms with Gasteiger partial charge in [-0.1, -0.05) is 0 Å². The molecular weight excluding hydrogens is 306 g/mol. The van der Waals surface area contributed by atoms with Crippen LogP contribution in [0.5, 0.6) is 0 Å². The zero-order valence-electron chi connectivity index (χ0n) is 14.2. The summed E-state index contributed by atoms with van der Waals surface area (Å²) in [6.07, 6.45) is -3.84. The summed E-state index contributed by atoms with van der Waals surface area (Å²) in [6.45, 7) is 8.30. The van der Waals surface area contributed by atoms with Gasteiger partial charge in [0, 0.05) is 11.1 Å². The molecule has 0 bridgehead atoms. The number of aliphatic carboxylic acids is 1. The van der Waals surface area contributed by atoms with Gasteiger partial charge < -0.3 is 36.0 Å². The van der Waals surface area contributed by atoms with Crippen molar-refractivity contribution in [2.45, 2.75) is 82.5 Å². The van der Waals surface area contributed by atoms with Crippen molar-refractivity contribution in [2.75, 3.05) is 6.61 Å². The average Bonchev–Trinajstić information content (AvgIpc) is 2.41. The summed E-state index contributed by atoms with van der Waals surface area (Å²) < 4.78 is 0. The van der Waals surface area contributed by atoms with E-state index in [2.05, 4.69) is 33.0 Å². The largest absolute Gasteiger partial charge is 0.479 e. The summed E-state index contributed by atoms with van der Waals surface area (Å²) in [7, 11) is 0. The molecule has 0 aliphatic carbocycles. The number of carboxylic acid groups (broad SMARTS) is 1. The number of aliphatic hydroxyl groups excluding tert-OH is 5. The third-order valence-electron chi connectivity index (χ3n) is 3.79. The number of carbonyl (C=O) groups is 1. The molecular formula is C15H31NO7. The second-order valence-electron chi connectivity index (χ2n) is 7.26. The number of carboxylic acids is 1. The lowest BCUT2D eigenvalue weighted by Gasteiger charge is -2.42. The van der Waals surface area contributed by atoms with E-state index in [4.69, 9.17) is 30.6 Å². The van der Waals surface area contributed by atoms with Crippen molar-refractivity contribution in [2.24, 2.45) is 0 Å². The quantitative estimate of drug-likeness (QED) is 0.331. The van der Waals surface area contributed by atoms with Gasteiger partial charge in [-0.2, -0.15) is 0 Å². The van der Waals surface area contributed by atoms with E-state index in [1.807, 2.05) is 0 Å². The van der Waals surface area contributed by atoms with Crippen LogP contribution in [0.25, 0.3) is 0 Å². The molecule has 1 rings (SSSR count). The van der Waals surface area contributed by atoms with Gasteiger partial charge in [-0.05, 0) is 47.0 Å². The Morgan fingerprint density at radius 1 is 1.00 bits per heavy atom. The molecule has 8 nitrogen and oxygen atoms in total. The van der Waals surface area contributed by atoms with Crippen LogP contribution < -0.4 is 5.32 Å². The minimum absolute atomic E-state index is 0.363. The number of aliphatic hydroxyl groups is 5. The number of rotatable bonds is 5. The van der Waals surface area contributed by atoms with Crippen molar-refractivity contribution in [3.8, 4) is 0 Å². The number of hydrogen-bond acceptors (Lipinski definition) is 7. The average molecular weight is 337 g/mol. The highest BCUT2D eigenvalue weighted by Crippen LogP contribution is 2.27. The lowest BCUT2D eigenvalue weighted by atomic mass is 9.83. The zero-order chi connectivity index (χ0) is 18.4. The van der Waals surface area contributed by atoms with Crippen molar-refractivity contribution in [3.05, 3.63) is 0 Å². The van der Waals surface area contributed by atoms with Crippen molar-refractivity contribution in [1.82, 2.24) is 5.32 Å². The third-order valence-corrected chi connectivity index (χ3v) is 3.79. The first kappa shape index (κ1) is 22.2. The summed E-state index contributed by atoms with van der Waals surface area (Å²) in [4.78, 5) is 10.1. The zero-order valence-corrected chi connectivity index (χ0v) is 14.2. The van der Waals surface area contributed by atoms with Gasteiger partial charge in [0.15, 0.2) is 6.10 Å². The van der Waals surface area contributed by atoms with Crippen molar-refractivity contribution >= 4 is 5.97 Å². The van der Waals surface area contributed by atoms with E-state index in [9.17, 15) is 4.79 Å². The second-order valence-corrected chi connectivity index (χ2v) is 7.26. The highest BCUT2D eigenvalue weighted by atomic mass is 16.4. The van der Waals surface area contributed by atoms with Gasteiger partial charge in [-0.25, -0.2) is 4.79 Å². The van der Waals surface area contributed by atoms with Gasteiger partial charge in [-0.15, -0.1) is 0 Å². The molecule has 0 radical (unpaired) electrons. The molecule has 7 N–H and O–H groups in total. The molecule has 0 spiro atoms. The first-order valence-electron chi connectivity index (χ1n) is 7.68. The molecule has 0 aromatic carbocycles. The van der Waals surface area contributed by atoms with Gasteiger partial charge in [0.05, 0.1) is 6.61 Å². The van der Waals surface area contributed by atoms with Crippen molar-refractivity contribution < 1.29 is 35.4 Å². The van der Waals surface area contributed by atoms with Crippen LogP contribution in [-0.2, 0) is 4.79 Å². The van der Waals surface area contributed by atoms with E-state index >= 15 is 0 Å². The van der Waals surface area contributed by atoms with Gasteiger partial charge in [0.25, 0.3) is 0 Å². The van der Waals surface area contributed by atoms with Gasteiger partial charge in [-0.3, -0.25) is 0 Å². The monoisotopic (exact) mass is 337 g/mol. The fraction of sp³-hybridized carbons (Fsp3) is 0.933. The smallest absolute Gasteiger partial charge is 0.335 e. The second kappa shape index (κ2) is 8.91. The Morgan fingerprint density at radius 3 is 1.70 bits per heavy atom. The molecule has 0 aromatic rings. The Bertz CT molecular complexity index is 359. The fourth-order valence-electron chi connectivity index (χ4n) is 2.68. The standard InChI is InChI=1S/C9H19N.C6H12O7/c1-8(2)6-5-7-9(3,4)10-8;7-1-2(8)3(9)4(10)5(11)6(12)13/h10H,5-7H2,1-4H3;2-5,7-11H,1H2,(H,12,13)/t;2-,3-,4+,5-/m.1/s1. The fourth-order valence-corrected chi connectivity index (χ4v) is 2.68. The maximum absolute atomic E-state index is 10.1. The van der Waals surface area contributed by atoms with Crippen LogP contribution in [0, 0.1) is 0 Å². The Labute approximate surface area is 136 Å². The summed E-state index contributed by atoms with van der Waals surface area (Å²) in [5.74, 6) is -1.73. The molecule has 1 aliphatic heterocycles. The molecule has 8 heteroatoms. The van der Waals surface area contributed by atoms with Crippen LogP contribution in [0.4, 0.5) is 0 Å². The first-order chi connectivity index (χ1) is 10.3. The maximum atomic E-state index is 10.1. The summed E-state index contributed by atoms with van der Waals surface area (Å²) in [6, 6.07) is 0. The van der Waals surface area contributed by atoms with Crippen LogP contribution in [-0.4, -0.2) is 78.7 Å². The molecule has 1 aliphatic rings. The SMILES string of the molecule is CC1(C)CCCC(C)(C)N1.O=C(O)[C@H](O)[C@@H](O)[C@H](O)[C@H](O)CO.